The number of rotatable bonds is 5. The second-order valence-corrected chi connectivity index (χ2v) is 5.69. The third-order valence-corrected chi connectivity index (χ3v) is 3.56. The van der Waals surface area contributed by atoms with Crippen molar-refractivity contribution in [3.63, 3.8) is 0 Å². The minimum Gasteiger partial charge on any atom is -0.313 e. The van der Waals surface area contributed by atoms with Gasteiger partial charge >= 0.3 is 0 Å². The molecule has 0 saturated heterocycles. The van der Waals surface area contributed by atoms with E-state index in [-0.39, 0.29) is 0 Å². The third-order valence-electron chi connectivity index (χ3n) is 3.56. The molecule has 0 spiro atoms. The molecule has 1 heterocycles. The van der Waals surface area contributed by atoms with Crippen molar-refractivity contribution in [2.24, 2.45) is 7.05 Å². The lowest BCUT2D eigenvalue weighted by Gasteiger charge is -2.10. The second-order valence-electron chi connectivity index (χ2n) is 5.69. The summed E-state index contributed by atoms with van der Waals surface area (Å²) in [5.74, 6) is 0.437. The topological polar surface area (TPSA) is 29.9 Å². The molecular formula is C17H25N3. The molecule has 1 N–H and O–H groups in total. The standard InChI is InChI=1S/C17H25N3/c1-6-18-10-14-7-8-15(13(4)9-14)16-11-20(5)19-17(16)12(2)3/h7-9,11-12,18H,6,10H2,1-5H3. The predicted octanol–water partition coefficient (Wildman–Crippen LogP) is 3.63. The Balaban J connectivity index is 2.38. The van der Waals surface area contributed by atoms with Crippen LogP contribution >= 0.6 is 0 Å². The fourth-order valence-corrected chi connectivity index (χ4v) is 2.55. The minimum absolute atomic E-state index is 0.437. The van der Waals surface area contributed by atoms with Crippen LogP contribution in [-0.2, 0) is 13.6 Å². The average Bonchev–Trinajstić information content (AvgIpc) is 2.78. The van der Waals surface area contributed by atoms with E-state index in [1.807, 2.05) is 11.7 Å². The van der Waals surface area contributed by atoms with Crippen LogP contribution in [-0.4, -0.2) is 16.3 Å². The summed E-state index contributed by atoms with van der Waals surface area (Å²) >= 11 is 0. The van der Waals surface area contributed by atoms with Crippen LogP contribution < -0.4 is 5.32 Å². The molecule has 1 aromatic carbocycles. The van der Waals surface area contributed by atoms with Gasteiger partial charge in [0.05, 0.1) is 5.69 Å². The Bertz CT molecular complexity index is 582. The van der Waals surface area contributed by atoms with E-state index in [2.05, 4.69) is 62.5 Å². The normalized spacial score (nSPS) is 11.3. The van der Waals surface area contributed by atoms with Gasteiger partial charge in [-0.15, -0.1) is 0 Å². The molecule has 20 heavy (non-hydrogen) atoms. The summed E-state index contributed by atoms with van der Waals surface area (Å²) in [7, 11) is 1.99. The van der Waals surface area contributed by atoms with Crippen molar-refractivity contribution >= 4 is 0 Å². The van der Waals surface area contributed by atoms with Gasteiger partial charge in [0.15, 0.2) is 0 Å². The number of aromatic nitrogens is 2. The monoisotopic (exact) mass is 271 g/mol. The highest BCUT2D eigenvalue weighted by Gasteiger charge is 2.14. The average molecular weight is 271 g/mol. The molecule has 2 rings (SSSR count). The van der Waals surface area contributed by atoms with Crippen LogP contribution in [0, 0.1) is 6.92 Å². The largest absolute Gasteiger partial charge is 0.313 e. The summed E-state index contributed by atoms with van der Waals surface area (Å²) in [5.41, 5.74) is 6.38. The minimum atomic E-state index is 0.437. The Morgan fingerprint density at radius 2 is 2.00 bits per heavy atom. The quantitative estimate of drug-likeness (QED) is 0.900. The van der Waals surface area contributed by atoms with E-state index in [1.165, 1.54) is 27.9 Å². The molecule has 1 aromatic heterocycles. The summed E-state index contributed by atoms with van der Waals surface area (Å²) in [4.78, 5) is 0. The molecule has 0 radical (unpaired) electrons. The molecule has 0 aliphatic rings. The number of hydrogen-bond acceptors (Lipinski definition) is 2. The van der Waals surface area contributed by atoms with E-state index in [4.69, 9.17) is 0 Å². The highest BCUT2D eigenvalue weighted by molar-refractivity contribution is 5.69. The Hall–Kier alpha value is -1.61. The van der Waals surface area contributed by atoms with Crippen molar-refractivity contribution in [1.29, 1.82) is 0 Å². The maximum atomic E-state index is 4.60. The predicted molar refractivity (Wildman–Crippen MR) is 84.9 cm³/mol. The zero-order valence-electron chi connectivity index (χ0n) is 13.2. The summed E-state index contributed by atoms with van der Waals surface area (Å²) in [5, 5.41) is 7.97. The van der Waals surface area contributed by atoms with Gasteiger partial charge in [0.25, 0.3) is 0 Å². The zero-order chi connectivity index (χ0) is 14.7. The number of benzene rings is 1. The Morgan fingerprint density at radius 1 is 1.25 bits per heavy atom. The van der Waals surface area contributed by atoms with Gasteiger partial charge in [0.2, 0.25) is 0 Å². The van der Waals surface area contributed by atoms with Crippen LogP contribution in [0.25, 0.3) is 11.1 Å². The molecule has 0 bridgehead atoms. The van der Waals surface area contributed by atoms with E-state index < -0.39 is 0 Å². The molecule has 0 amide bonds. The Morgan fingerprint density at radius 3 is 2.60 bits per heavy atom. The van der Waals surface area contributed by atoms with Crippen LogP contribution in [0.2, 0.25) is 0 Å². The van der Waals surface area contributed by atoms with Crippen molar-refractivity contribution in [3.8, 4) is 11.1 Å². The maximum absolute atomic E-state index is 4.60. The van der Waals surface area contributed by atoms with Gasteiger partial charge in [-0.3, -0.25) is 4.68 Å². The molecule has 0 unspecified atom stereocenters. The summed E-state index contributed by atoms with van der Waals surface area (Å²) in [6.45, 7) is 10.6. The first kappa shape index (κ1) is 14.8. The van der Waals surface area contributed by atoms with Crippen molar-refractivity contribution in [3.05, 3.63) is 41.2 Å². The number of nitrogens with one attached hydrogen (secondary N) is 1. The summed E-state index contributed by atoms with van der Waals surface area (Å²) in [6, 6.07) is 6.71. The number of hydrogen-bond donors (Lipinski definition) is 1. The molecule has 0 saturated carbocycles. The highest BCUT2D eigenvalue weighted by Crippen LogP contribution is 2.30. The van der Waals surface area contributed by atoms with Gasteiger partial charge in [0.1, 0.15) is 0 Å². The van der Waals surface area contributed by atoms with Crippen molar-refractivity contribution in [2.45, 2.75) is 40.2 Å². The molecule has 0 atom stereocenters. The molecule has 3 heteroatoms. The maximum Gasteiger partial charge on any atom is 0.0728 e. The fraction of sp³-hybridized carbons (Fsp3) is 0.471. The van der Waals surface area contributed by atoms with Gasteiger partial charge in [-0.2, -0.15) is 5.10 Å². The molecule has 108 valence electrons. The molecule has 0 fully saturated rings. The molecule has 0 aliphatic heterocycles. The number of aryl methyl sites for hydroxylation is 2. The Labute approximate surface area is 122 Å². The second kappa shape index (κ2) is 6.23. The lowest BCUT2D eigenvalue weighted by atomic mass is 9.95. The molecule has 2 aromatic rings. The van der Waals surface area contributed by atoms with Gasteiger partial charge in [0, 0.05) is 25.4 Å². The van der Waals surface area contributed by atoms with E-state index in [1.54, 1.807) is 0 Å². The molecule has 3 nitrogen and oxygen atoms in total. The first-order valence-electron chi connectivity index (χ1n) is 7.37. The van der Waals surface area contributed by atoms with Crippen LogP contribution in [0.1, 0.15) is 43.5 Å². The van der Waals surface area contributed by atoms with Crippen LogP contribution in [0.3, 0.4) is 0 Å². The van der Waals surface area contributed by atoms with Gasteiger partial charge in [-0.1, -0.05) is 39.0 Å². The SMILES string of the molecule is CCNCc1ccc(-c2cn(C)nc2C(C)C)c(C)c1. The molecule has 0 aliphatic carbocycles. The van der Waals surface area contributed by atoms with Crippen LogP contribution in [0.4, 0.5) is 0 Å². The first-order valence-corrected chi connectivity index (χ1v) is 7.37. The van der Waals surface area contributed by atoms with E-state index in [0.717, 1.165) is 13.1 Å². The van der Waals surface area contributed by atoms with Gasteiger partial charge in [-0.05, 0) is 36.1 Å². The van der Waals surface area contributed by atoms with Gasteiger partial charge in [-0.25, -0.2) is 0 Å². The third kappa shape index (κ3) is 3.10. The highest BCUT2D eigenvalue weighted by atomic mass is 15.3. The van der Waals surface area contributed by atoms with Gasteiger partial charge < -0.3 is 5.32 Å². The van der Waals surface area contributed by atoms with E-state index >= 15 is 0 Å². The van der Waals surface area contributed by atoms with Crippen LogP contribution in [0.5, 0.6) is 0 Å². The lowest BCUT2D eigenvalue weighted by molar-refractivity contribution is 0.713. The summed E-state index contributed by atoms with van der Waals surface area (Å²) in [6.07, 6.45) is 2.13. The zero-order valence-corrected chi connectivity index (χ0v) is 13.2. The first-order chi connectivity index (χ1) is 9.52. The fourth-order valence-electron chi connectivity index (χ4n) is 2.55. The van der Waals surface area contributed by atoms with Crippen LogP contribution in [0.15, 0.2) is 24.4 Å². The van der Waals surface area contributed by atoms with Crippen molar-refractivity contribution < 1.29 is 0 Å². The van der Waals surface area contributed by atoms with E-state index in [9.17, 15) is 0 Å². The van der Waals surface area contributed by atoms with Crippen molar-refractivity contribution in [1.82, 2.24) is 15.1 Å². The van der Waals surface area contributed by atoms with E-state index in [0.29, 0.717) is 5.92 Å². The van der Waals surface area contributed by atoms with Crippen molar-refractivity contribution in [2.75, 3.05) is 6.54 Å². The smallest absolute Gasteiger partial charge is 0.0728 e. The lowest BCUT2D eigenvalue weighted by Crippen LogP contribution is -2.11. The number of nitrogens with zero attached hydrogens (tertiary/aromatic N) is 2. The Kier molecular flexibility index (Phi) is 4.61. The summed E-state index contributed by atoms with van der Waals surface area (Å²) < 4.78 is 1.91. The molecular weight excluding hydrogens is 246 g/mol.